The molecule has 0 aromatic carbocycles. The van der Waals surface area contributed by atoms with Gasteiger partial charge in [-0.2, -0.15) is 0 Å². The molecule has 10 heavy (non-hydrogen) atoms. The fourth-order valence-corrected chi connectivity index (χ4v) is 0.904. The van der Waals surface area contributed by atoms with Crippen LogP contribution in [0.15, 0.2) is 12.8 Å². The standard InChI is InChI=1S/C8H12N2/c1-4-8-6-10(5-2)7(3)9-8/h5-6H,2,4H2,1,3H3. The molecule has 0 atom stereocenters. The van der Waals surface area contributed by atoms with Crippen LogP contribution in [0.5, 0.6) is 0 Å². The molecule has 2 nitrogen and oxygen atoms in total. The molecule has 0 fully saturated rings. The van der Waals surface area contributed by atoms with E-state index in [4.69, 9.17) is 0 Å². The van der Waals surface area contributed by atoms with Crippen molar-refractivity contribution < 1.29 is 0 Å². The van der Waals surface area contributed by atoms with Gasteiger partial charge in [0.25, 0.3) is 0 Å². The Morgan fingerprint density at radius 2 is 2.50 bits per heavy atom. The van der Waals surface area contributed by atoms with Crippen molar-refractivity contribution in [1.29, 1.82) is 0 Å². The van der Waals surface area contributed by atoms with E-state index in [1.807, 2.05) is 17.7 Å². The highest BCUT2D eigenvalue weighted by atomic mass is 15.0. The third-order valence-corrected chi connectivity index (χ3v) is 1.53. The predicted molar refractivity (Wildman–Crippen MR) is 42.7 cm³/mol. The molecule has 1 heterocycles. The van der Waals surface area contributed by atoms with Gasteiger partial charge in [-0.25, -0.2) is 4.98 Å². The highest BCUT2D eigenvalue weighted by molar-refractivity contribution is 5.21. The summed E-state index contributed by atoms with van der Waals surface area (Å²) in [7, 11) is 0. The molecule has 0 amide bonds. The summed E-state index contributed by atoms with van der Waals surface area (Å²) < 4.78 is 1.93. The van der Waals surface area contributed by atoms with E-state index in [1.54, 1.807) is 6.20 Å². The summed E-state index contributed by atoms with van der Waals surface area (Å²) in [5.41, 5.74) is 1.12. The van der Waals surface area contributed by atoms with Crippen molar-refractivity contribution in [3.8, 4) is 0 Å². The molecule has 0 aliphatic rings. The van der Waals surface area contributed by atoms with Gasteiger partial charge in [0.1, 0.15) is 5.82 Å². The number of rotatable bonds is 2. The number of hydrogen-bond acceptors (Lipinski definition) is 1. The zero-order valence-corrected chi connectivity index (χ0v) is 6.46. The van der Waals surface area contributed by atoms with Gasteiger partial charge in [-0.05, 0) is 13.3 Å². The molecule has 0 aliphatic carbocycles. The van der Waals surface area contributed by atoms with Gasteiger partial charge in [0.15, 0.2) is 0 Å². The number of imidazole rings is 1. The molecule has 0 unspecified atom stereocenters. The van der Waals surface area contributed by atoms with Crippen LogP contribution in [0.3, 0.4) is 0 Å². The maximum absolute atomic E-state index is 4.29. The minimum absolute atomic E-state index is 0.988. The number of hydrogen-bond donors (Lipinski definition) is 0. The molecule has 54 valence electrons. The summed E-state index contributed by atoms with van der Waals surface area (Å²) in [4.78, 5) is 4.29. The lowest BCUT2D eigenvalue weighted by atomic mass is 10.4. The van der Waals surface area contributed by atoms with Gasteiger partial charge in [-0.15, -0.1) is 0 Å². The van der Waals surface area contributed by atoms with Crippen molar-refractivity contribution in [2.75, 3.05) is 0 Å². The van der Waals surface area contributed by atoms with E-state index in [9.17, 15) is 0 Å². The molecule has 1 aromatic heterocycles. The summed E-state index contributed by atoms with van der Waals surface area (Å²) in [6.07, 6.45) is 4.76. The number of aryl methyl sites for hydroxylation is 2. The van der Waals surface area contributed by atoms with Crippen molar-refractivity contribution in [2.24, 2.45) is 0 Å². The van der Waals surface area contributed by atoms with Crippen molar-refractivity contribution in [3.63, 3.8) is 0 Å². The van der Waals surface area contributed by atoms with Crippen LogP contribution in [0.4, 0.5) is 0 Å². The van der Waals surface area contributed by atoms with Crippen molar-refractivity contribution >= 4 is 6.20 Å². The third-order valence-electron chi connectivity index (χ3n) is 1.53. The Balaban J connectivity index is 3.03. The highest BCUT2D eigenvalue weighted by Gasteiger charge is 1.97. The fraction of sp³-hybridized carbons (Fsp3) is 0.375. The number of nitrogens with zero attached hydrogens (tertiary/aromatic N) is 2. The van der Waals surface area contributed by atoms with E-state index in [1.165, 1.54) is 0 Å². The normalized spacial score (nSPS) is 9.80. The predicted octanol–water partition coefficient (Wildman–Crippen LogP) is 1.85. The topological polar surface area (TPSA) is 17.8 Å². The van der Waals surface area contributed by atoms with Crippen LogP contribution in [0, 0.1) is 6.92 Å². The van der Waals surface area contributed by atoms with Gasteiger partial charge in [-0.3, -0.25) is 0 Å². The van der Waals surface area contributed by atoms with Gasteiger partial charge >= 0.3 is 0 Å². The van der Waals surface area contributed by atoms with Gasteiger partial charge in [-0.1, -0.05) is 13.5 Å². The van der Waals surface area contributed by atoms with Crippen LogP contribution in [-0.2, 0) is 6.42 Å². The summed E-state index contributed by atoms with van der Waals surface area (Å²) in [6, 6.07) is 0. The summed E-state index contributed by atoms with van der Waals surface area (Å²) in [6.45, 7) is 7.73. The zero-order valence-electron chi connectivity index (χ0n) is 6.46. The number of aromatic nitrogens is 2. The van der Waals surface area contributed by atoms with E-state index in [2.05, 4.69) is 18.5 Å². The zero-order chi connectivity index (χ0) is 7.56. The van der Waals surface area contributed by atoms with E-state index < -0.39 is 0 Å². The molecule has 2 heteroatoms. The van der Waals surface area contributed by atoms with Gasteiger partial charge in [0.05, 0.1) is 5.69 Å². The Morgan fingerprint density at radius 1 is 1.80 bits per heavy atom. The maximum atomic E-state index is 4.29. The van der Waals surface area contributed by atoms with E-state index in [-0.39, 0.29) is 0 Å². The molecule has 0 saturated heterocycles. The van der Waals surface area contributed by atoms with Crippen LogP contribution in [0.1, 0.15) is 18.4 Å². The highest BCUT2D eigenvalue weighted by Crippen LogP contribution is 2.02. The summed E-state index contributed by atoms with van der Waals surface area (Å²) >= 11 is 0. The summed E-state index contributed by atoms with van der Waals surface area (Å²) in [5, 5.41) is 0. The van der Waals surface area contributed by atoms with Crippen LogP contribution in [-0.4, -0.2) is 9.55 Å². The molecule has 0 bridgehead atoms. The van der Waals surface area contributed by atoms with Crippen LogP contribution in [0.25, 0.3) is 6.20 Å². The second-order valence-corrected chi connectivity index (χ2v) is 2.22. The molecule has 0 radical (unpaired) electrons. The summed E-state index contributed by atoms with van der Waals surface area (Å²) in [5.74, 6) is 1.01. The van der Waals surface area contributed by atoms with E-state index in [0.29, 0.717) is 0 Å². The minimum atomic E-state index is 0.988. The van der Waals surface area contributed by atoms with Crippen molar-refractivity contribution in [2.45, 2.75) is 20.3 Å². The molecular weight excluding hydrogens is 124 g/mol. The molecule has 1 aromatic rings. The maximum Gasteiger partial charge on any atom is 0.109 e. The lowest BCUT2D eigenvalue weighted by molar-refractivity contribution is 1.01. The molecule has 0 N–H and O–H groups in total. The van der Waals surface area contributed by atoms with Gasteiger partial charge in [0.2, 0.25) is 0 Å². The average molecular weight is 136 g/mol. The fourth-order valence-electron chi connectivity index (χ4n) is 0.904. The molecule has 1 rings (SSSR count). The van der Waals surface area contributed by atoms with Gasteiger partial charge in [0, 0.05) is 12.4 Å². The Kier molecular flexibility index (Phi) is 1.90. The molecule has 0 aliphatic heterocycles. The van der Waals surface area contributed by atoms with Crippen molar-refractivity contribution in [1.82, 2.24) is 9.55 Å². The Labute approximate surface area is 61.2 Å². The smallest absolute Gasteiger partial charge is 0.109 e. The average Bonchev–Trinajstić information content (AvgIpc) is 2.30. The van der Waals surface area contributed by atoms with Crippen molar-refractivity contribution in [3.05, 3.63) is 24.3 Å². The lowest BCUT2D eigenvalue weighted by Crippen LogP contribution is -1.84. The SMILES string of the molecule is C=Cn1cc(CC)nc1C. The first kappa shape index (κ1) is 7.06. The van der Waals surface area contributed by atoms with Crippen LogP contribution >= 0.6 is 0 Å². The monoisotopic (exact) mass is 136 g/mol. The third kappa shape index (κ3) is 1.10. The molecule has 0 saturated carbocycles. The Bertz CT molecular complexity index is 235. The first-order valence-corrected chi connectivity index (χ1v) is 3.44. The van der Waals surface area contributed by atoms with E-state index in [0.717, 1.165) is 17.9 Å². The van der Waals surface area contributed by atoms with Crippen LogP contribution < -0.4 is 0 Å². The molecular formula is C8H12N2. The molecule has 0 spiro atoms. The first-order valence-electron chi connectivity index (χ1n) is 3.44. The van der Waals surface area contributed by atoms with Gasteiger partial charge < -0.3 is 4.57 Å². The largest absolute Gasteiger partial charge is 0.311 e. The Hall–Kier alpha value is -1.05. The minimum Gasteiger partial charge on any atom is -0.311 e. The Morgan fingerprint density at radius 3 is 2.80 bits per heavy atom. The lowest BCUT2D eigenvalue weighted by Gasteiger charge is -1.90. The second kappa shape index (κ2) is 2.69. The van der Waals surface area contributed by atoms with E-state index >= 15 is 0 Å². The van der Waals surface area contributed by atoms with Crippen LogP contribution in [0.2, 0.25) is 0 Å². The second-order valence-electron chi connectivity index (χ2n) is 2.22. The quantitative estimate of drug-likeness (QED) is 0.606. The first-order chi connectivity index (χ1) is 4.77.